The van der Waals surface area contributed by atoms with Crippen LogP contribution in [0, 0.1) is 6.92 Å². The molecule has 0 radical (unpaired) electrons. The van der Waals surface area contributed by atoms with Gasteiger partial charge < -0.3 is 9.47 Å². The minimum atomic E-state index is -0.498. The van der Waals surface area contributed by atoms with Gasteiger partial charge in [0.25, 0.3) is 0 Å². The van der Waals surface area contributed by atoms with Crippen LogP contribution in [0.25, 0.3) is 4.96 Å². The van der Waals surface area contributed by atoms with Crippen molar-refractivity contribution < 1.29 is 14.3 Å². The van der Waals surface area contributed by atoms with Gasteiger partial charge in [-0.05, 0) is 13.8 Å². The standard InChI is InChI=1S/C15H14ClN3O3S2/c1-7-5-19-11(12(16)18-15(19)23-7)14(20)22-8(2)13-17-9-3-4-21-6-10(9)24-13/h5,8H,3-4,6H2,1-2H3. The molecule has 9 heteroatoms. The van der Waals surface area contributed by atoms with E-state index in [4.69, 9.17) is 21.1 Å². The Morgan fingerprint density at radius 2 is 2.29 bits per heavy atom. The van der Waals surface area contributed by atoms with Gasteiger partial charge in [-0.3, -0.25) is 4.40 Å². The first-order valence-corrected chi connectivity index (χ1v) is 9.45. The van der Waals surface area contributed by atoms with Gasteiger partial charge in [0.2, 0.25) is 0 Å². The topological polar surface area (TPSA) is 65.7 Å². The Morgan fingerprint density at radius 3 is 3.08 bits per heavy atom. The number of esters is 1. The van der Waals surface area contributed by atoms with Crippen LogP contribution in [0.4, 0.5) is 0 Å². The smallest absolute Gasteiger partial charge is 0.359 e. The summed E-state index contributed by atoms with van der Waals surface area (Å²) in [7, 11) is 0. The molecule has 0 N–H and O–H groups in total. The SMILES string of the molecule is Cc1cn2c(C(=O)OC(C)c3nc4c(s3)COCC4)c(Cl)nc2s1. The lowest BCUT2D eigenvalue weighted by atomic mass is 10.2. The van der Waals surface area contributed by atoms with E-state index in [9.17, 15) is 4.79 Å². The van der Waals surface area contributed by atoms with Crippen LogP contribution in [0.2, 0.25) is 5.15 Å². The first kappa shape index (κ1) is 16.0. The van der Waals surface area contributed by atoms with Gasteiger partial charge in [-0.15, -0.1) is 22.7 Å². The maximum atomic E-state index is 12.6. The Balaban J connectivity index is 1.58. The summed E-state index contributed by atoms with van der Waals surface area (Å²) in [5.74, 6) is -0.498. The van der Waals surface area contributed by atoms with Crippen molar-refractivity contribution in [3.63, 3.8) is 0 Å². The molecule has 3 aromatic rings. The zero-order valence-corrected chi connectivity index (χ0v) is 15.4. The van der Waals surface area contributed by atoms with Crippen molar-refractivity contribution in [2.45, 2.75) is 33.0 Å². The molecule has 1 aliphatic heterocycles. The monoisotopic (exact) mass is 383 g/mol. The van der Waals surface area contributed by atoms with Crippen LogP contribution in [0.15, 0.2) is 6.20 Å². The van der Waals surface area contributed by atoms with Crippen LogP contribution >= 0.6 is 34.3 Å². The second kappa shape index (κ2) is 6.11. The summed E-state index contributed by atoms with van der Waals surface area (Å²) in [5.41, 5.74) is 1.30. The number of thiazole rings is 2. The second-order valence-corrected chi connectivity index (χ2v) is 8.20. The number of aromatic nitrogens is 3. The largest absolute Gasteiger partial charge is 0.450 e. The number of rotatable bonds is 3. The molecule has 0 amide bonds. The lowest BCUT2D eigenvalue weighted by molar-refractivity contribution is 0.0329. The highest BCUT2D eigenvalue weighted by molar-refractivity contribution is 7.17. The molecule has 4 rings (SSSR count). The molecule has 24 heavy (non-hydrogen) atoms. The predicted octanol–water partition coefficient (Wildman–Crippen LogP) is 3.80. The van der Waals surface area contributed by atoms with Crippen LogP contribution in [0.5, 0.6) is 0 Å². The average Bonchev–Trinajstić information content (AvgIpc) is 3.18. The predicted molar refractivity (Wildman–Crippen MR) is 92.1 cm³/mol. The van der Waals surface area contributed by atoms with E-state index in [-0.39, 0.29) is 10.8 Å². The van der Waals surface area contributed by atoms with Gasteiger partial charge in [-0.25, -0.2) is 14.8 Å². The second-order valence-electron chi connectivity index (χ2n) is 5.52. The normalized spacial score (nSPS) is 15.5. The molecule has 0 fully saturated rings. The molecule has 1 atom stereocenters. The Labute approximate surface area is 151 Å². The lowest BCUT2D eigenvalue weighted by Gasteiger charge is -2.10. The lowest BCUT2D eigenvalue weighted by Crippen LogP contribution is -2.12. The minimum Gasteiger partial charge on any atom is -0.450 e. The number of ether oxygens (including phenoxy) is 2. The summed E-state index contributed by atoms with van der Waals surface area (Å²) < 4.78 is 12.7. The Morgan fingerprint density at radius 1 is 1.46 bits per heavy atom. The summed E-state index contributed by atoms with van der Waals surface area (Å²) in [4.78, 5) is 24.2. The third kappa shape index (κ3) is 2.73. The zero-order chi connectivity index (χ0) is 16.8. The number of carbonyl (C=O) groups excluding carboxylic acids is 1. The van der Waals surface area contributed by atoms with Crippen molar-refractivity contribution in [1.29, 1.82) is 0 Å². The molecule has 126 valence electrons. The first-order valence-electron chi connectivity index (χ1n) is 7.44. The highest BCUT2D eigenvalue weighted by Crippen LogP contribution is 2.31. The highest BCUT2D eigenvalue weighted by atomic mass is 35.5. The van der Waals surface area contributed by atoms with Crippen molar-refractivity contribution in [3.05, 3.63) is 37.5 Å². The zero-order valence-electron chi connectivity index (χ0n) is 13.0. The van der Waals surface area contributed by atoms with Gasteiger partial charge in [0.05, 0.1) is 23.8 Å². The maximum absolute atomic E-state index is 12.6. The van der Waals surface area contributed by atoms with E-state index in [1.807, 2.05) is 20.0 Å². The Kier molecular flexibility index (Phi) is 4.07. The number of nitrogens with zero attached hydrogens (tertiary/aromatic N) is 3. The third-order valence-electron chi connectivity index (χ3n) is 3.74. The van der Waals surface area contributed by atoms with Gasteiger partial charge in [-0.2, -0.15) is 0 Å². The van der Waals surface area contributed by atoms with Crippen molar-refractivity contribution in [2.75, 3.05) is 6.61 Å². The Hall–Kier alpha value is -1.48. The van der Waals surface area contributed by atoms with E-state index in [0.29, 0.717) is 18.2 Å². The van der Waals surface area contributed by atoms with Crippen LogP contribution in [0.3, 0.4) is 0 Å². The molecular weight excluding hydrogens is 370 g/mol. The number of aryl methyl sites for hydroxylation is 1. The molecule has 3 aromatic heterocycles. The van der Waals surface area contributed by atoms with E-state index in [1.165, 1.54) is 22.7 Å². The number of imidazole rings is 1. The van der Waals surface area contributed by atoms with Crippen LogP contribution in [-0.2, 0) is 22.5 Å². The summed E-state index contributed by atoms with van der Waals surface area (Å²) in [6.45, 7) is 5.03. The van der Waals surface area contributed by atoms with Crippen LogP contribution < -0.4 is 0 Å². The fourth-order valence-electron chi connectivity index (χ4n) is 2.60. The van der Waals surface area contributed by atoms with E-state index in [1.54, 1.807) is 4.40 Å². The average molecular weight is 384 g/mol. The Bertz CT molecular complexity index is 907. The summed E-state index contributed by atoms with van der Waals surface area (Å²) >= 11 is 9.11. The molecule has 6 nitrogen and oxygen atoms in total. The fraction of sp³-hybridized carbons (Fsp3) is 0.400. The van der Waals surface area contributed by atoms with Crippen molar-refractivity contribution in [1.82, 2.24) is 14.4 Å². The van der Waals surface area contributed by atoms with Crippen LogP contribution in [-0.4, -0.2) is 26.9 Å². The van der Waals surface area contributed by atoms with E-state index < -0.39 is 12.1 Å². The highest BCUT2D eigenvalue weighted by Gasteiger charge is 2.25. The molecule has 0 saturated heterocycles. The molecule has 1 unspecified atom stereocenters. The number of fused-ring (bicyclic) bond motifs is 2. The summed E-state index contributed by atoms with van der Waals surface area (Å²) in [5, 5.41) is 0.933. The van der Waals surface area contributed by atoms with Gasteiger partial charge >= 0.3 is 5.97 Å². The summed E-state index contributed by atoms with van der Waals surface area (Å²) in [6.07, 6.45) is 2.18. The van der Waals surface area contributed by atoms with E-state index in [0.717, 1.165) is 26.9 Å². The molecular formula is C15H14ClN3O3S2. The van der Waals surface area contributed by atoms with Crippen LogP contribution in [0.1, 0.15) is 44.0 Å². The molecule has 0 spiro atoms. The molecule has 1 aliphatic rings. The minimum absolute atomic E-state index is 0.158. The van der Waals surface area contributed by atoms with Gasteiger partial charge in [-0.1, -0.05) is 11.6 Å². The van der Waals surface area contributed by atoms with Crippen molar-refractivity contribution in [2.24, 2.45) is 0 Å². The number of hydrogen-bond acceptors (Lipinski definition) is 7. The maximum Gasteiger partial charge on any atom is 0.359 e. The number of hydrogen-bond donors (Lipinski definition) is 0. The third-order valence-corrected chi connectivity index (χ3v) is 6.13. The molecule has 0 saturated carbocycles. The molecule has 0 aliphatic carbocycles. The van der Waals surface area contributed by atoms with Crippen molar-refractivity contribution >= 4 is 45.2 Å². The van der Waals surface area contributed by atoms with Gasteiger partial charge in [0.15, 0.2) is 21.9 Å². The van der Waals surface area contributed by atoms with E-state index in [2.05, 4.69) is 9.97 Å². The quantitative estimate of drug-likeness (QED) is 0.643. The van der Waals surface area contributed by atoms with E-state index >= 15 is 0 Å². The summed E-state index contributed by atoms with van der Waals surface area (Å²) in [6, 6.07) is 0. The number of halogens is 1. The van der Waals surface area contributed by atoms with Gasteiger partial charge in [0.1, 0.15) is 5.01 Å². The molecule has 0 aromatic carbocycles. The molecule has 4 heterocycles. The van der Waals surface area contributed by atoms with Crippen molar-refractivity contribution in [3.8, 4) is 0 Å². The van der Waals surface area contributed by atoms with Gasteiger partial charge in [0, 0.05) is 17.5 Å². The number of carbonyl (C=O) groups is 1. The first-order chi connectivity index (χ1) is 11.5. The molecule has 0 bridgehead atoms. The fourth-order valence-corrected chi connectivity index (χ4v) is 4.75.